The highest BCUT2D eigenvalue weighted by molar-refractivity contribution is 7.13. The Bertz CT molecular complexity index is 1000. The number of aryl methyl sites for hydroxylation is 1. The Morgan fingerprint density at radius 3 is 2.66 bits per heavy atom. The molecule has 0 radical (unpaired) electrons. The first-order chi connectivity index (χ1) is 14.1. The lowest BCUT2D eigenvalue weighted by molar-refractivity contribution is -0.130. The number of hydrogen-bond donors (Lipinski definition) is 1. The number of hydrogen-bond acceptors (Lipinski definition) is 6. The lowest BCUT2D eigenvalue weighted by Crippen LogP contribution is -2.49. The van der Waals surface area contributed by atoms with Crippen molar-refractivity contribution < 1.29 is 4.79 Å². The predicted molar refractivity (Wildman–Crippen MR) is 118 cm³/mol. The maximum Gasteiger partial charge on any atom is 0.228 e. The highest BCUT2D eigenvalue weighted by Crippen LogP contribution is 2.26. The van der Waals surface area contributed by atoms with Crippen LogP contribution in [0.1, 0.15) is 11.4 Å². The number of para-hydroxylation sites is 1. The van der Waals surface area contributed by atoms with Crippen LogP contribution in [0.15, 0.2) is 47.8 Å². The fraction of sp³-hybridized carbons (Fsp3) is 0.286. The van der Waals surface area contributed by atoms with Crippen molar-refractivity contribution >= 4 is 45.5 Å². The van der Waals surface area contributed by atoms with Gasteiger partial charge in [0.1, 0.15) is 5.82 Å². The van der Waals surface area contributed by atoms with Crippen molar-refractivity contribution in [1.82, 2.24) is 14.9 Å². The average molecular weight is 428 g/mol. The molecule has 0 atom stereocenters. The van der Waals surface area contributed by atoms with Crippen LogP contribution in [0.4, 0.5) is 16.6 Å². The fourth-order valence-electron chi connectivity index (χ4n) is 3.34. The van der Waals surface area contributed by atoms with Gasteiger partial charge in [-0.3, -0.25) is 4.79 Å². The molecule has 1 amide bonds. The number of carbonyl (C=O) groups is 1. The van der Waals surface area contributed by atoms with Crippen LogP contribution >= 0.6 is 22.9 Å². The summed E-state index contributed by atoms with van der Waals surface area (Å²) in [6, 6.07) is 13.6. The lowest BCUT2D eigenvalue weighted by atomic mass is 10.2. The number of thiazole rings is 1. The van der Waals surface area contributed by atoms with Gasteiger partial charge in [0.25, 0.3) is 0 Å². The van der Waals surface area contributed by atoms with Crippen molar-refractivity contribution in [2.24, 2.45) is 0 Å². The summed E-state index contributed by atoms with van der Waals surface area (Å²) in [6.45, 7) is 4.87. The highest BCUT2D eigenvalue weighted by Gasteiger charge is 2.23. The molecule has 0 saturated carbocycles. The zero-order chi connectivity index (χ0) is 20.2. The number of piperazine rings is 1. The Kier molecular flexibility index (Phi) is 5.97. The van der Waals surface area contributed by atoms with E-state index in [9.17, 15) is 4.79 Å². The molecule has 4 rings (SSSR count). The minimum absolute atomic E-state index is 0.106. The van der Waals surface area contributed by atoms with Crippen LogP contribution in [0, 0.1) is 6.92 Å². The van der Waals surface area contributed by atoms with Gasteiger partial charge in [-0.25, -0.2) is 9.97 Å². The molecule has 3 aromatic rings. The van der Waals surface area contributed by atoms with Crippen molar-refractivity contribution in [3.63, 3.8) is 0 Å². The molecule has 0 aliphatic carbocycles. The summed E-state index contributed by atoms with van der Waals surface area (Å²) in [6.07, 6.45) is 0.311. The Hall–Kier alpha value is -2.64. The zero-order valence-electron chi connectivity index (χ0n) is 16.1. The maximum absolute atomic E-state index is 12.7. The number of nitrogens with zero attached hydrogens (tertiary/aromatic N) is 4. The Morgan fingerprint density at radius 1 is 1.10 bits per heavy atom. The van der Waals surface area contributed by atoms with Gasteiger partial charge in [-0.15, -0.1) is 11.3 Å². The quantitative estimate of drug-likeness (QED) is 0.663. The molecule has 1 aliphatic rings. The number of amides is 1. The van der Waals surface area contributed by atoms with Crippen LogP contribution < -0.4 is 10.2 Å². The van der Waals surface area contributed by atoms with Gasteiger partial charge in [-0.05, 0) is 31.2 Å². The molecule has 29 heavy (non-hydrogen) atoms. The van der Waals surface area contributed by atoms with E-state index in [0.29, 0.717) is 19.5 Å². The smallest absolute Gasteiger partial charge is 0.228 e. The van der Waals surface area contributed by atoms with Gasteiger partial charge in [0.2, 0.25) is 5.91 Å². The van der Waals surface area contributed by atoms with Gasteiger partial charge in [0.05, 0.1) is 22.8 Å². The standard InChI is InChI=1S/C21H22ClN5OS/c1-15-5-4-8-19(23-15)25-21-24-16(14-29-21)13-20(28)27-11-9-26(10-12-27)18-7-3-2-6-17(18)22/h2-8,14H,9-13H2,1H3,(H,23,24,25). The molecule has 150 valence electrons. The fourth-order valence-corrected chi connectivity index (χ4v) is 4.31. The molecule has 6 nitrogen and oxygen atoms in total. The second-order valence-corrected chi connectivity index (χ2v) is 8.19. The summed E-state index contributed by atoms with van der Waals surface area (Å²) in [7, 11) is 0. The van der Waals surface area contributed by atoms with Crippen molar-refractivity contribution in [3.8, 4) is 0 Å². The Morgan fingerprint density at radius 2 is 1.90 bits per heavy atom. The highest BCUT2D eigenvalue weighted by atomic mass is 35.5. The second-order valence-electron chi connectivity index (χ2n) is 6.93. The van der Waals surface area contributed by atoms with Gasteiger partial charge in [0.15, 0.2) is 5.13 Å². The van der Waals surface area contributed by atoms with E-state index in [4.69, 9.17) is 11.6 Å². The van der Waals surface area contributed by atoms with Crippen molar-refractivity contribution in [2.45, 2.75) is 13.3 Å². The third kappa shape index (κ3) is 4.86. The molecule has 0 unspecified atom stereocenters. The van der Waals surface area contributed by atoms with Crippen molar-refractivity contribution in [2.75, 3.05) is 36.4 Å². The number of pyridine rings is 1. The van der Waals surface area contributed by atoms with Gasteiger partial charge in [-0.2, -0.15) is 0 Å². The van der Waals surface area contributed by atoms with Crippen LogP contribution in [0.3, 0.4) is 0 Å². The van der Waals surface area contributed by atoms with E-state index in [2.05, 4.69) is 20.2 Å². The first-order valence-electron chi connectivity index (χ1n) is 9.51. The van der Waals surface area contributed by atoms with E-state index in [1.54, 1.807) is 0 Å². The topological polar surface area (TPSA) is 61.4 Å². The minimum Gasteiger partial charge on any atom is -0.367 e. The summed E-state index contributed by atoms with van der Waals surface area (Å²) in [4.78, 5) is 25.8. The molecule has 3 heterocycles. The van der Waals surface area contributed by atoms with Crippen LogP contribution in [0.2, 0.25) is 5.02 Å². The first kappa shape index (κ1) is 19.7. The second kappa shape index (κ2) is 8.80. The number of halogens is 1. The van der Waals surface area contributed by atoms with Gasteiger partial charge < -0.3 is 15.1 Å². The van der Waals surface area contributed by atoms with Crippen LogP contribution in [-0.4, -0.2) is 47.0 Å². The number of anilines is 3. The van der Waals surface area contributed by atoms with E-state index in [1.165, 1.54) is 11.3 Å². The number of rotatable bonds is 5. The predicted octanol–water partition coefficient (Wildman–Crippen LogP) is 4.13. The van der Waals surface area contributed by atoms with Gasteiger partial charge in [-0.1, -0.05) is 29.8 Å². The summed E-state index contributed by atoms with van der Waals surface area (Å²) < 4.78 is 0. The van der Waals surface area contributed by atoms with E-state index in [0.717, 1.165) is 46.1 Å². The van der Waals surface area contributed by atoms with E-state index in [-0.39, 0.29) is 5.91 Å². The molecule has 1 saturated heterocycles. The first-order valence-corrected chi connectivity index (χ1v) is 10.8. The van der Waals surface area contributed by atoms with Crippen molar-refractivity contribution in [1.29, 1.82) is 0 Å². The normalized spacial score (nSPS) is 14.1. The zero-order valence-corrected chi connectivity index (χ0v) is 17.7. The van der Waals surface area contributed by atoms with E-state index >= 15 is 0 Å². The lowest BCUT2D eigenvalue weighted by Gasteiger charge is -2.36. The summed E-state index contributed by atoms with van der Waals surface area (Å²) in [5.41, 5.74) is 2.75. The molecule has 1 N–H and O–H groups in total. The minimum atomic E-state index is 0.106. The summed E-state index contributed by atoms with van der Waals surface area (Å²) in [5.74, 6) is 0.863. The SMILES string of the molecule is Cc1cccc(Nc2nc(CC(=O)N3CCN(c4ccccc4Cl)CC3)cs2)n1. The third-order valence-corrected chi connectivity index (χ3v) is 5.96. The number of carbonyl (C=O) groups excluding carboxylic acids is 1. The number of nitrogens with one attached hydrogen (secondary N) is 1. The molecule has 8 heteroatoms. The summed E-state index contributed by atoms with van der Waals surface area (Å²) >= 11 is 7.78. The van der Waals surface area contributed by atoms with Crippen LogP contribution in [-0.2, 0) is 11.2 Å². The molecule has 1 fully saturated rings. The third-order valence-electron chi connectivity index (χ3n) is 4.83. The average Bonchev–Trinajstić information content (AvgIpc) is 3.15. The maximum atomic E-state index is 12.7. The number of aromatic nitrogens is 2. The van der Waals surface area contributed by atoms with Crippen molar-refractivity contribution in [3.05, 3.63) is 64.3 Å². The molecule has 1 aliphatic heterocycles. The molecular weight excluding hydrogens is 406 g/mol. The summed E-state index contributed by atoms with van der Waals surface area (Å²) in [5, 5.41) is 6.62. The van der Waals surface area contributed by atoms with Crippen LogP contribution in [0.25, 0.3) is 0 Å². The molecule has 0 bridgehead atoms. The van der Waals surface area contributed by atoms with Crippen LogP contribution in [0.5, 0.6) is 0 Å². The molecule has 0 spiro atoms. The molecular formula is C21H22ClN5OS. The Labute approximate surface area is 179 Å². The molecule has 1 aromatic carbocycles. The monoisotopic (exact) mass is 427 g/mol. The number of benzene rings is 1. The van der Waals surface area contributed by atoms with Gasteiger partial charge in [0, 0.05) is 37.3 Å². The Balaban J connectivity index is 1.31. The molecule has 2 aromatic heterocycles. The van der Waals surface area contributed by atoms with Gasteiger partial charge >= 0.3 is 0 Å². The van der Waals surface area contributed by atoms with E-state index in [1.807, 2.05) is 59.7 Å². The van der Waals surface area contributed by atoms with E-state index < -0.39 is 0 Å². The largest absolute Gasteiger partial charge is 0.367 e.